The van der Waals surface area contributed by atoms with Crippen molar-refractivity contribution in [2.24, 2.45) is 0 Å². The Balaban J connectivity index is 1.76. The topological polar surface area (TPSA) is 46.6 Å². The first kappa shape index (κ1) is 13.9. The highest BCUT2D eigenvalue weighted by molar-refractivity contribution is 7.92. The van der Waals surface area contributed by atoms with E-state index in [1.54, 1.807) is 4.31 Å². The molecule has 110 valence electrons. The lowest BCUT2D eigenvalue weighted by atomic mass is 10.1. The van der Waals surface area contributed by atoms with Crippen LogP contribution >= 0.6 is 0 Å². The van der Waals surface area contributed by atoms with Crippen LogP contribution in [0.15, 0.2) is 18.2 Å². The van der Waals surface area contributed by atoms with Crippen LogP contribution in [-0.4, -0.2) is 33.4 Å². The molecule has 2 aliphatic rings. The van der Waals surface area contributed by atoms with Crippen LogP contribution in [-0.2, 0) is 21.2 Å². The number of rotatable bonds is 4. The molecule has 1 atom stereocenters. The fourth-order valence-electron chi connectivity index (χ4n) is 3.15. The minimum Gasteiger partial charge on any atom is -0.378 e. The molecule has 0 aliphatic carbocycles. The predicted molar refractivity (Wildman–Crippen MR) is 79.6 cm³/mol. The molecule has 0 unspecified atom stereocenters. The van der Waals surface area contributed by atoms with Crippen LogP contribution < -0.4 is 4.31 Å². The van der Waals surface area contributed by atoms with Gasteiger partial charge in [-0.05, 0) is 43.7 Å². The van der Waals surface area contributed by atoms with Crippen molar-refractivity contribution in [3.05, 3.63) is 29.3 Å². The second kappa shape index (κ2) is 5.37. The van der Waals surface area contributed by atoms with E-state index in [9.17, 15) is 8.42 Å². The lowest BCUT2D eigenvalue weighted by molar-refractivity contribution is 0.109. The van der Waals surface area contributed by atoms with Gasteiger partial charge in [-0.3, -0.25) is 4.31 Å². The largest absolute Gasteiger partial charge is 0.378 e. The molecular formula is C15H21NO3S. The van der Waals surface area contributed by atoms with Gasteiger partial charge >= 0.3 is 0 Å². The third-order valence-electron chi connectivity index (χ3n) is 4.21. The Labute approximate surface area is 120 Å². The Bertz CT molecular complexity index is 591. The second-order valence-electron chi connectivity index (χ2n) is 5.64. The first-order valence-electron chi connectivity index (χ1n) is 7.28. The summed E-state index contributed by atoms with van der Waals surface area (Å²) in [5, 5.41) is 0. The number of aryl methyl sites for hydroxylation is 1. The number of ether oxygens (including phenoxy) is 1. The number of hydrogen-bond acceptors (Lipinski definition) is 3. The molecule has 1 fully saturated rings. The summed E-state index contributed by atoms with van der Waals surface area (Å²) < 4.78 is 32.3. The first-order chi connectivity index (χ1) is 9.58. The monoisotopic (exact) mass is 295 g/mol. The molecule has 20 heavy (non-hydrogen) atoms. The molecule has 0 radical (unpaired) electrons. The Morgan fingerprint density at radius 1 is 1.40 bits per heavy atom. The van der Waals surface area contributed by atoms with Crippen molar-refractivity contribution in [2.45, 2.75) is 38.7 Å². The van der Waals surface area contributed by atoms with Gasteiger partial charge in [0.2, 0.25) is 10.0 Å². The van der Waals surface area contributed by atoms with E-state index in [0.717, 1.165) is 42.7 Å². The van der Waals surface area contributed by atoms with E-state index in [1.807, 2.05) is 25.1 Å². The van der Waals surface area contributed by atoms with Gasteiger partial charge in [0.05, 0.1) is 17.5 Å². The highest BCUT2D eigenvalue weighted by Gasteiger charge is 2.31. The summed E-state index contributed by atoms with van der Waals surface area (Å²) in [6.07, 6.45) is 3.60. The van der Waals surface area contributed by atoms with Gasteiger partial charge in [-0.2, -0.15) is 0 Å². The van der Waals surface area contributed by atoms with Crippen molar-refractivity contribution in [2.75, 3.05) is 23.2 Å². The lowest BCUT2D eigenvalue weighted by Gasteiger charge is -2.22. The number of benzene rings is 1. The summed E-state index contributed by atoms with van der Waals surface area (Å²) in [5.74, 6) is 0.186. The molecule has 2 heterocycles. The van der Waals surface area contributed by atoms with Crippen LogP contribution in [0.2, 0.25) is 0 Å². The highest BCUT2D eigenvalue weighted by atomic mass is 32.2. The number of sulfonamides is 1. The van der Waals surface area contributed by atoms with Crippen molar-refractivity contribution in [1.29, 1.82) is 0 Å². The van der Waals surface area contributed by atoms with Crippen LogP contribution in [0.1, 0.15) is 30.4 Å². The van der Waals surface area contributed by atoms with Crippen LogP contribution in [0.3, 0.4) is 0 Å². The van der Waals surface area contributed by atoms with E-state index >= 15 is 0 Å². The van der Waals surface area contributed by atoms with Gasteiger partial charge in [0.25, 0.3) is 0 Å². The molecule has 1 saturated heterocycles. The van der Waals surface area contributed by atoms with Crippen molar-refractivity contribution in [1.82, 2.24) is 0 Å². The summed E-state index contributed by atoms with van der Waals surface area (Å²) in [5.41, 5.74) is 3.09. The summed E-state index contributed by atoms with van der Waals surface area (Å²) in [7, 11) is -3.23. The number of nitrogens with zero attached hydrogens (tertiary/aromatic N) is 1. The first-order valence-corrected chi connectivity index (χ1v) is 8.89. The molecule has 2 aliphatic heterocycles. The molecule has 1 aromatic carbocycles. The lowest BCUT2D eigenvalue weighted by Crippen LogP contribution is -2.33. The average Bonchev–Trinajstić information content (AvgIpc) is 3.06. The zero-order valence-corrected chi connectivity index (χ0v) is 12.7. The molecule has 0 spiro atoms. The van der Waals surface area contributed by atoms with E-state index < -0.39 is 10.0 Å². The predicted octanol–water partition coefficient (Wildman–Crippen LogP) is 2.26. The zero-order chi connectivity index (χ0) is 14.2. The third kappa shape index (κ3) is 2.56. The quantitative estimate of drug-likeness (QED) is 0.856. The molecule has 0 saturated carbocycles. The van der Waals surface area contributed by atoms with Crippen molar-refractivity contribution in [3.8, 4) is 0 Å². The average molecular weight is 295 g/mol. The number of fused-ring (bicyclic) bond motifs is 1. The molecule has 5 heteroatoms. The Kier molecular flexibility index (Phi) is 3.73. The highest BCUT2D eigenvalue weighted by Crippen LogP contribution is 2.34. The molecule has 3 rings (SSSR count). The summed E-state index contributed by atoms with van der Waals surface area (Å²) in [6.45, 7) is 3.33. The van der Waals surface area contributed by atoms with E-state index in [-0.39, 0.29) is 11.9 Å². The Morgan fingerprint density at radius 3 is 3.00 bits per heavy atom. The maximum atomic E-state index is 12.6. The van der Waals surface area contributed by atoms with Crippen LogP contribution in [0.4, 0.5) is 5.69 Å². The molecule has 0 N–H and O–H groups in total. The van der Waals surface area contributed by atoms with E-state index in [4.69, 9.17) is 4.74 Å². The summed E-state index contributed by atoms with van der Waals surface area (Å²) in [6, 6.07) is 6.00. The third-order valence-corrected chi connectivity index (χ3v) is 6.00. The number of anilines is 1. The second-order valence-corrected chi connectivity index (χ2v) is 7.66. The van der Waals surface area contributed by atoms with Gasteiger partial charge < -0.3 is 4.74 Å². The fourth-order valence-corrected chi connectivity index (χ4v) is 4.84. The van der Waals surface area contributed by atoms with Gasteiger partial charge in [0, 0.05) is 13.2 Å². The molecule has 1 aromatic rings. The summed E-state index contributed by atoms with van der Waals surface area (Å²) >= 11 is 0. The molecule has 4 nitrogen and oxygen atoms in total. The molecule has 0 aromatic heterocycles. The van der Waals surface area contributed by atoms with E-state index in [0.29, 0.717) is 13.0 Å². The SMILES string of the molecule is Cc1cccc2c1N(S(=O)(=O)CC[C@@H]1CCCO1)CC2. The normalized spacial score (nSPS) is 22.2. The number of para-hydroxylation sites is 1. The minimum absolute atomic E-state index is 0.128. The van der Waals surface area contributed by atoms with Gasteiger partial charge in [0.15, 0.2) is 0 Å². The van der Waals surface area contributed by atoms with Crippen LogP contribution in [0.5, 0.6) is 0 Å². The molecule has 0 amide bonds. The van der Waals surface area contributed by atoms with Crippen LogP contribution in [0, 0.1) is 6.92 Å². The van der Waals surface area contributed by atoms with Gasteiger partial charge in [-0.15, -0.1) is 0 Å². The molecule has 0 bridgehead atoms. The smallest absolute Gasteiger partial charge is 0.235 e. The van der Waals surface area contributed by atoms with E-state index in [2.05, 4.69) is 0 Å². The maximum absolute atomic E-state index is 12.6. The Morgan fingerprint density at radius 2 is 2.25 bits per heavy atom. The standard InChI is InChI=1S/C15H21NO3S/c1-12-4-2-5-13-7-9-16(15(12)13)20(17,18)11-8-14-6-3-10-19-14/h2,4-5,14H,3,6-11H2,1H3/t14-/m0/s1. The summed E-state index contributed by atoms with van der Waals surface area (Å²) in [4.78, 5) is 0. The number of hydrogen-bond donors (Lipinski definition) is 0. The van der Waals surface area contributed by atoms with Gasteiger partial charge in [-0.25, -0.2) is 8.42 Å². The minimum atomic E-state index is -3.23. The van der Waals surface area contributed by atoms with Crippen molar-refractivity contribution in [3.63, 3.8) is 0 Å². The van der Waals surface area contributed by atoms with Gasteiger partial charge in [-0.1, -0.05) is 18.2 Å². The van der Waals surface area contributed by atoms with Crippen molar-refractivity contribution < 1.29 is 13.2 Å². The molecular weight excluding hydrogens is 274 g/mol. The maximum Gasteiger partial charge on any atom is 0.235 e. The fraction of sp³-hybridized carbons (Fsp3) is 0.600. The Hall–Kier alpha value is -1.07. The van der Waals surface area contributed by atoms with Gasteiger partial charge in [0.1, 0.15) is 0 Å². The van der Waals surface area contributed by atoms with Crippen molar-refractivity contribution >= 4 is 15.7 Å². The zero-order valence-electron chi connectivity index (χ0n) is 11.8. The van der Waals surface area contributed by atoms with Crippen LogP contribution in [0.25, 0.3) is 0 Å². The van der Waals surface area contributed by atoms with E-state index in [1.165, 1.54) is 0 Å².